The number of aliphatic hydroxyl groups is 1. The molecule has 138 valence electrons. The van der Waals surface area contributed by atoms with E-state index in [1.807, 2.05) is 54.6 Å². The second-order valence-electron chi connectivity index (χ2n) is 6.88. The van der Waals surface area contributed by atoms with Crippen molar-refractivity contribution in [2.45, 2.75) is 30.8 Å². The number of rotatable bonds is 6. The summed E-state index contributed by atoms with van der Waals surface area (Å²) in [6.45, 7) is 0.412. The summed E-state index contributed by atoms with van der Waals surface area (Å²) in [5, 5.41) is 9.70. The number of ether oxygens (including phenoxy) is 2. The van der Waals surface area contributed by atoms with E-state index >= 15 is 0 Å². The molecule has 3 aromatic rings. The average Bonchev–Trinajstić information content (AvgIpc) is 3.16. The van der Waals surface area contributed by atoms with Crippen molar-refractivity contribution in [3.63, 3.8) is 0 Å². The first-order valence-corrected chi connectivity index (χ1v) is 9.43. The highest BCUT2D eigenvalue weighted by atomic mass is 16.6. The number of benzene rings is 3. The molecule has 0 spiro atoms. The summed E-state index contributed by atoms with van der Waals surface area (Å²) >= 11 is 0. The monoisotopic (exact) mass is 360 g/mol. The number of hydrogen-bond acceptors (Lipinski definition) is 3. The van der Waals surface area contributed by atoms with Crippen LogP contribution >= 0.6 is 0 Å². The summed E-state index contributed by atoms with van der Waals surface area (Å²) in [5.74, 6) is 0. The quantitative estimate of drug-likeness (QED) is 0.658. The highest BCUT2D eigenvalue weighted by molar-refractivity contribution is 5.47. The molecule has 3 heteroatoms. The summed E-state index contributed by atoms with van der Waals surface area (Å²) in [4.78, 5) is 0. The van der Waals surface area contributed by atoms with Crippen LogP contribution in [-0.2, 0) is 15.1 Å². The summed E-state index contributed by atoms with van der Waals surface area (Å²) in [6, 6.07) is 30.9. The molecule has 4 rings (SSSR count). The first-order chi connectivity index (χ1) is 13.3. The Balaban J connectivity index is 1.81. The summed E-state index contributed by atoms with van der Waals surface area (Å²) in [6.07, 6.45) is 0.673. The van der Waals surface area contributed by atoms with Crippen LogP contribution in [0.3, 0.4) is 0 Å². The van der Waals surface area contributed by atoms with Crippen molar-refractivity contribution in [1.29, 1.82) is 0 Å². The van der Waals surface area contributed by atoms with E-state index in [9.17, 15) is 5.11 Å². The van der Waals surface area contributed by atoms with E-state index in [-0.39, 0.29) is 6.10 Å². The molecule has 3 nitrogen and oxygen atoms in total. The standard InChI is InChI=1S/C24H24O3/c25-23-17-16-22(27-23)18-26-24(19-10-4-1-5-11-19,20-12-6-2-7-13-20)21-14-8-3-9-15-21/h1-15,22-23,25H,16-18H2/t22-,23+/m0/s1. The maximum Gasteiger partial charge on any atom is 0.155 e. The second kappa shape index (κ2) is 8.05. The van der Waals surface area contributed by atoms with E-state index < -0.39 is 11.9 Å². The van der Waals surface area contributed by atoms with Gasteiger partial charge in [-0.25, -0.2) is 0 Å². The zero-order valence-corrected chi connectivity index (χ0v) is 15.2. The highest BCUT2D eigenvalue weighted by Crippen LogP contribution is 2.41. The second-order valence-corrected chi connectivity index (χ2v) is 6.88. The normalized spacial score (nSPS) is 19.9. The first kappa shape index (κ1) is 17.9. The smallest absolute Gasteiger partial charge is 0.155 e. The van der Waals surface area contributed by atoms with Crippen LogP contribution in [0.25, 0.3) is 0 Å². The third kappa shape index (κ3) is 3.67. The first-order valence-electron chi connectivity index (χ1n) is 9.43. The minimum Gasteiger partial charge on any atom is -0.368 e. The maximum absolute atomic E-state index is 9.70. The van der Waals surface area contributed by atoms with Gasteiger partial charge in [-0.2, -0.15) is 0 Å². The predicted octanol–water partition coefficient (Wildman–Crippen LogP) is 4.49. The molecule has 1 aliphatic rings. The van der Waals surface area contributed by atoms with Gasteiger partial charge in [0, 0.05) is 6.42 Å². The third-order valence-corrected chi connectivity index (χ3v) is 5.11. The molecule has 0 amide bonds. The molecule has 0 unspecified atom stereocenters. The molecule has 0 radical (unpaired) electrons. The predicted molar refractivity (Wildman–Crippen MR) is 105 cm³/mol. The van der Waals surface area contributed by atoms with Gasteiger partial charge in [0.15, 0.2) is 6.29 Å². The molecule has 0 bridgehead atoms. The minimum absolute atomic E-state index is 0.101. The molecule has 1 aliphatic heterocycles. The Kier molecular flexibility index (Phi) is 5.35. The van der Waals surface area contributed by atoms with Gasteiger partial charge in [-0.05, 0) is 23.1 Å². The number of aliphatic hydroxyl groups excluding tert-OH is 1. The van der Waals surface area contributed by atoms with E-state index in [0.29, 0.717) is 13.0 Å². The van der Waals surface area contributed by atoms with Crippen molar-refractivity contribution in [2.24, 2.45) is 0 Å². The molecule has 3 aromatic carbocycles. The lowest BCUT2D eigenvalue weighted by molar-refractivity contribution is -0.122. The van der Waals surface area contributed by atoms with Crippen LogP contribution in [0, 0.1) is 0 Å². The molecule has 27 heavy (non-hydrogen) atoms. The molecular formula is C24H24O3. The lowest BCUT2D eigenvalue weighted by Crippen LogP contribution is -2.35. The van der Waals surface area contributed by atoms with E-state index in [1.165, 1.54) is 0 Å². The van der Waals surface area contributed by atoms with Crippen LogP contribution < -0.4 is 0 Å². The lowest BCUT2D eigenvalue weighted by atomic mass is 9.80. The molecule has 2 atom stereocenters. The molecule has 0 saturated carbocycles. The Morgan fingerprint density at radius 1 is 0.741 bits per heavy atom. The molecule has 1 saturated heterocycles. The molecule has 1 fully saturated rings. The third-order valence-electron chi connectivity index (χ3n) is 5.11. The molecule has 1 heterocycles. The van der Waals surface area contributed by atoms with E-state index in [4.69, 9.17) is 9.47 Å². The minimum atomic E-state index is -0.735. The van der Waals surface area contributed by atoms with Crippen molar-refractivity contribution in [3.8, 4) is 0 Å². The van der Waals surface area contributed by atoms with Gasteiger partial charge in [-0.1, -0.05) is 91.0 Å². The van der Waals surface area contributed by atoms with Gasteiger partial charge in [0.05, 0.1) is 12.7 Å². The Morgan fingerprint density at radius 2 is 1.19 bits per heavy atom. The van der Waals surface area contributed by atoms with Gasteiger partial charge < -0.3 is 14.6 Å². The highest BCUT2D eigenvalue weighted by Gasteiger charge is 2.38. The lowest BCUT2D eigenvalue weighted by Gasteiger charge is -2.36. The molecule has 1 N–H and O–H groups in total. The van der Waals surface area contributed by atoms with Gasteiger partial charge in [0.25, 0.3) is 0 Å². The van der Waals surface area contributed by atoms with Crippen molar-refractivity contribution in [1.82, 2.24) is 0 Å². The van der Waals surface area contributed by atoms with Crippen molar-refractivity contribution < 1.29 is 14.6 Å². The molecule has 0 aromatic heterocycles. The van der Waals surface area contributed by atoms with Crippen LogP contribution in [0.1, 0.15) is 29.5 Å². The SMILES string of the molecule is O[C@H]1CC[C@@H](COC(c2ccccc2)(c2ccccc2)c2ccccc2)O1. The molecular weight excluding hydrogens is 336 g/mol. The summed E-state index contributed by atoms with van der Waals surface area (Å²) < 4.78 is 12.3. The van der Waals surface area contributed by atoms with E-state index in [1.54, 1.807) is 0 Å². The van der Waals surface area contributed by atoms with Crippen LogP contribution in [0.4, 0.5) is 0 Å². The van der Waals surface area contributed by atoms with Crippen molar-refractivity contribution in [3.05, 3.63) is 108 Å². The van der Waals surface area contributed by atoms with Crippen LogP contribution in [0.5, 0.6) is 0 Å². The molecule has 0 aliphatic carbocycles. The van der Waals surface area contributed by atoms with Crippen LogP contribution in [0.15, 0.2) is 91.0 Å². The van der Waals surface area contributed by atoms with Gasteiger partial charge >= 0.3 is 0 Å². The Hall–Kier alpha value is -2.46. The van der Waals surface area contributed by atoms with Crippen LogP contribution in [0.2, 0.25) is 0 Å². The Morgan fingerprint density at radius 3 is 1.56 bits per heavy atom. The van der Waals surface area contributed by atoms with Crippen LogP contribution in [-0.4, -0.2) is 24.1 Å². The number of hydrogen-bond donors (Lipinski definition) is 1. The van der Waals surface area contributed by atoms with Gasteiger partial charge in [-0.3, -0.25) is 0 Å². The van der Waals surface area contributed by atoms with Gasteiger partial charge in [0.2, 0.25) is 0 Å². The zero-order chi connectivity index (χ0) is 18.5. The van der Waals surface area contributed by atoms with E-state index in [0.717, 1.165) is 23.1 Å². The fourth-order valence-electron chi connectivity index (χ4n) is 3.80. The largest absolute Gasteiger partial charge is 0.368 e. The fourth-order valence-corrected chi connectivity index (χ4v) is 3.80. The zero-order valence-electron chi connectivity index (χ0n) is 15.2. The van der Waals surface area contributed by atoms with Gasteiger partial charge in [-0.15, -0.1) is 0 Å². The van der Waals surface area contributed by atoms with Gasteiger partial charge in [0.1, 0.15) is 5.60 Å². The summed E-state index contributed by atoms with van der Waals surface area (Å²) in [5.41, 5.74) is 2.48. The van der Waals surface area contributed by atoms with Crippen molar-refractivity contribution in [2.75, 3.05) is 6.61 Å². The summed E-state index contributed by atoms with van der Waals surface area (Å²) in [7, 11) is 0. The van der Waals surface area contributed by atoms with E-state index in [2.05, 4.69) is 36.4 Å². The maximum atomic E-state index is 9.70. The Labute approximate surface area is 160 Å². The average molecular weight is 360 g/mol. The Bertz CT molecular complexity index is 737. The topological polar surface area (TPSA) is 38.7 Å². The van der Waals surface area contributed by atoms with Crippen molar-refractivity contribution >= 4 is 0 Å². The fraction of sp³-hybridized carbons (Fsp3) is 0.250.